The fraction of sp³-hybridized carbons (Fsp3) is 0.357. The molecule has 0 N–H and O–H groups in total. The van der Waals surface area contributed by atoms with Crippen LogP contribution in [0.5, 0.6) is 5.75 Å². The largest absolute Gasteiger partial charge is 0.414 e. The van der Waals surface area contributed by atoms with Crippen LogP contribution in [0.3, 0.4) is 0 Å². The molecule has 6 heteroatoms. The molecule has 1 saturated carbocycles. The highest BCUT2D eigenvalue weighted by Crippen LogP contribution is 2.34. The van der Waals surface area contributed by atoms with Crippen LogP contribution in [0, 0.1) is 0 Å². The van der Waals surface area contributed by atoms with Crippen LogP contribution in [0.2, 0.25) is 0 Å². The minimum Gasteiger partial charge on any atom is -0.366 e. The van der Waals surface area contributed by atoms with Crippen molar-refractivity contribution in [3.8, 4) is 5.75 Å². The molecule has 0 aliphatic heterocycles. The van der Waals surface area contributed by atoms with Gasteiger partial charge >= 0.3 is 10.3 Å². The lowest BCUT2D eigenvalue weighted by Gasteiger charge is -2.11. The highest BCUT2D eigenvalue weighted by Gasteiger charge is 2.18. The van der Waals surface area contributed by atoms with Crippen LogP contribution in [0.25, 0.3) is 0 Å². The Balaban J connectivity index is 1.75. The van der Waals surface area contributed by atoms with Crippen molar-refractivity contribution in [3.05, 3.63) is 48.5 Å². The van der Waals surface area contributed by atoms with E-state index in [0.717, 1.165) is 3.97 Å². The predicted molar refractivity (Wildman–Crippen MR) is 74.8 cm³/mol. The fourth-order valence-electron chi connectivity index (χ4n) is 2.60. The average molecular weight is 292 g/mol. The van der Waals surface area contributed by atoms with Crippen molar-refractivity contribution in [2.45, 2.75) is 31.6 Å². The summed E-state index contributed by atoms with van der Waals surface area (Å²) < 4.78 is 29.8. The standard InChI is InChI=1S/C14H16N2O3S/c17-20(18,16-10-9-15-11-16)19-14-7-5-13(6-8-14)12-3-1-2-4-12/h5-12H,1-4H2. The predicted octanol–water partition coefficient (Wildman–Crippen LogP) is 2.71. The van der Waals surface area contributed by atoms with Gasteiger partial charge in [0.2, 0.25) is 0 Å². The van der Waals surface area contributed by atoms with Crippen molar-refractivity contribution >= 4 is 10.3 Å². The molecular weight excluding hydrogens is 276 g/mol. The molecule has 0 saturated heterocycles. The lowest BCUT2D eigenvalue weighted by atomic mass is 9.98. The first-order valence-electron chi connectivity index (χ1n) is 6.68. The number of hydrogen-bond donors (Lipinski definition) is 0. The summed E-state index contributed by atoms with van der Waals surface area (Å²) in [5.74, 6) is 0.926. The van der Waals surface area contributed by atoms with Gasteiger partial charge in [-0.1, -0.05) is 25.0 Å². The number of aromatic nitrogens is 2. The van der Waals surface area contributed by atoms with E-state index >= 15 is 0 Å². The third-order valence-corrected chi connectivity index (χ3v) is 4.78. The number of rotatable bonds is 4. The number of imidazole rings is 1. The Morgan fingerprint density at radius 1 is 1.15 bits per heavy atom. The number of hydrogen-bond acceptors (Lipinski definition) is 4. The second-order valence-corrected chi connectivity index (χ2v) is 6.43. The maximum atomic E-state index is 11.9. The SMILES string of the molecule is O=S(=O)(Oc1ccc(C2CCCC2)cc1)n1ccnc1. The van der Waals surface area contributed by atoms with Crippen LogP contribution >= 0.6 is 0 Å². The van der Waals surface area contributed by atoms with E-state index < -0.39 is 10.3 Å². The molecule has 0 bridgehead atoms. The van der Waals surface area contributed by atoms with Crippen LogP contribution in [-0.2, 0) is 10.3 Å². The first-order chi connectivity index (χ1) is 9.65. The molecule has 1 fully saturated rings. The molecule has 5 nitrogen and oxygen atoms in total. The van der Waals surface area contributed by atoms with E-state index in [0.29, 0.717) is 11.7 Å². The molecular formula is C14H16N2O3S. The molecule has 1 aromatic carbocycles. The van der Waals surface area contributed by atoms with E-state index in [9.17, 15) is 8.42 Å². The van der Waals surface area contributed by atoms with Gasteiger partial charge in [-0.15, -0.1) is 0 Å². The fourth-order valence-corrected chi connectivity index (χ4v) is 3.41. The molecule has 106 valence electrons. The zero-order chi connectivity index (χ0) is 14.0. The number of nitrogens with zero attached hydrogens (tertiary/aromatic N) is 2. The van der Waals surface area contributed by atoms with E-state index in [1.165, 1.54) is 50.0 Å². The summed E-state index contributed by atoms with van der Waals surface area (Å²) in [4.78, 5) is 3.70. The second kappa shape index (κ2) is 5.28. The van der Waals surface area contributed by atoms with Crippen molar-refractivity contribution in [2.24, 2.45) is 0 Å². The van der Waals surface area contributed by atoms with Crippen molar-refractivity contribution in [3.63, 3.8) is 0 Å². The molecule has 0 unspecified atom stereocenters. The molecule has 0 amide bonds. The van der Waals surface area contributed by atoms with Gasteiger partial charge in [-0.25, -0.2) is 8.96 Å². The molecule has 1 aliphatic rings. The zero-order valence-corrected chi connectivity index (χ0v) is 11.8. The molecule has 1 aromatic heterocycles. The third-order valence-electron chi connectivity index (χ3n) is 3.65. The van der Waals surface area contributed by atoms with E-state index in [1.807, 2.05) is 12.1 Å². The van der Waals surface area contributed by atoms with Gasteiger partial charge in [0.25, 0.3) is 0 Å². The average Bonchev–Trinajstić information content (AvgIpc) is 3.13. The van der Waals surface area contributed by atoms with Gasteiger partial charge in [0.05, 0.1) is 0 Å². The van der Waals surface area contributed by atoms with Gasteiger partial charge in [0, 0.05) is 12.4 Å². The molecule has 1 heterocycles. The van der Waals surface area contributed by atoms with Gasteiger partial charge < -0.3 is 4.18 Å². The lowest BCUT2D eigenvalue weighted by Crippen LogP contribution is -2.17. The van der Waals surface area contributed by atoms with Crippen molar-refractivity contribution in [1.29, 1.82) is 0 Å². The van der Waals surface area contributed by atoms with E-state index in [-0.39, 0.29) is 0 Å². The Bertz CT molecular complexity index is 657. The summed E-state index contributed by atoms with van der Waals surface area (Å²) in [5, 5.41) is 0. The lowest BCUT2D eigenvalue weighted by molar-refractivity contribution is 0.475. The maximum Gasteiger partial charge on any atom is 0.414 e. The summed E-state index contributed by atoms with van der Waals surface area (Å²) in [6, 6.07) is 7.33. The molecule has 0 spiro atoms. The smallest absolute Gasteiger partial charge is 0.366 e. The van der Waals surface area contributed by atoms with E-state index in [2.05, 4.69) is 4.98 Å². The van der Waals surface area contributed by atoms with Gasteiger partial charge in [-0.2, -0.15) is 8.42 Å². The number of benzene rings is 1. The van der Waals surface area contributed by atoms with Crippen LogP contribution in [0.4, 0.5) is 0 Å². The minimum atomic E-state index is -3.85. The Morgan fingerprint density at radius 3 is 2.45 bits per heavy atom. The van der Waals surface area contributed by atoms with Crippen LogP contribution in [0.15, 0.2) is 43.0 Å². The first-order valence-corrected chi connectivity index (χ1v) is 8.04. The molecule has 0 radical (unpaired) electrons. The molecule has 2 aromatic rings. The summed E-state index contributed by atoms with van der Waals surface area (Å²) in [5.41, 5.74) is 1.26. The molecule has 1 aliphatic carbocycles. The van der Waals surface area contributed by atoms with E-state index in [1.54, 1.807) is 12.1 Å². The maximum absolute atomic E-state index is 11.9. The zero-order valence-electron chi connectivity index (χ0n) is 11.0. The Hall–Kier alpha value is -1.82. The van der Waals surface area contributed by atoms with Crippen molar-refractivity contribution in [2.75, 3.05) is 0 Å². The second-order valence-electron chi connectivity index (χ2n) is 4.98. The Labute approximate surface area is 118 Å². The van der Waals surface area contributed by atoms with Crippen molar-refractivity contribution < 1.29 is 12.6 Å². The normalized spacial score (nSPS) is 16.4. The third kappa shape index (κ3) is 2.70. The first kappa shape index (κ1) is 13.2. The van der Waals surface area contributed by atoms with E-state index in [4.69, 9.17) is 4.18 Å². The Morgan fingerprint density at radius 2 is 1.85 bits per heavy atom. The molecule has 0 atom stereocenters. The topological polar surface area (TPSA) is 61.2 Å². The highest BCUT2D eigenvalue weighted by atomic mass is 32.2. The quantitative estimate of drug-likeness (QED) is 0.869. The summed E-state index contributed by atoms with van der Waals surface area (Å²) in [7, 11) is -3.85. The summed E-state index contributed by atoms with van der Waals surface area (Å²) >= 11 is 0. The van der Waals surface area contributed by atoms with Crippen molar-refractivity contribution in [1.82, 2.24) is 8.96 Å². The van der Waals surface area contributed by atoms with Gasteiger partial charge in [0.15, 0.2) is 0 Å². The van der Waals surface area contributed by atoms with Crippen LogP contribution < -0.4 is 4.18 Å². The molecule has 20 heavy (non-hydrogen) atoms. The Kier molecular flexibility index (Phi) is 3.48. The van der Waals surface area contributed by atoms with Crippen LogP contribution in [-0.4, -0.2) is 17.4 Å². The summed E-state index contributed by atoms with van der Waals surface area (Å²) in [6.45, 7) is 0. The summed E-state index contributed by atoms with van der Waals surface area (Å²) in [6.07, 6.45) is 8.91. The van der Waals surface area contributed by atoms with Crippen LogP contribution in [0.1, 0.15) is 37.2 Å². The minimum absolute atomic E-state index is 0.320. The monoisotopic (exact) mass is 292 g/mol. The molecule has 3 rings (SSSR count). The van der Waals surface area contributed by atoms with Gasteiger partial charge in [0.1, 0.15) is 12.1 Å². The highest BCUT2D eigenvalue weighted by molar-refractivity contribution is 7.85. The van der Waals surface area contributed by atoms with Gasteiger partial charge in [-0.05, 0) is 36.5 Å². The van der Waals surface area contributed by atoms with Gasteiger partial charge in [-0.3, -0.25) is 0 Å².